The van der Waals surface area contributed by atoms with E-state index < -0.39 is 11.7 Å². The average Bonchev–Trinajstić information content (AvgIpc) is 2.97. The van der Waals surface area contributed by atoms with Crippen LogP contribution in [-0.4, -0.2) is 29.3 Å². The fraction of sp³-hybridized carbons (Fsp3) is 0.357. The van der Waals surface area contributed by atoms with Crippen molar-refractivity contribution in [1.82, 2.24) is 15.3 Å². The van der Waals surface area contributed by atoms with E-state index in [1.807, 2.05) is 7.05 Å². The monoisotopic (exact) mass is 315 g/mol. The van der Waals surface area contributed by atoms with Crippen LogP contribution in [-0.2, 0) is 6.18 Å². The molecule has 3 nitrogen and oxygen atoms in total. The molecule has 1 unspecified atom stereocenters. The summed E-state index contributed by atoms with van der Waals surface area (Å²) in [5.74, 6) is 0.985. The van der Waals surface area contributed by atoms with Crippen LogP contribution in [0.2, 0.25) is 0 Å². The van der Waals surface area contributed by atoms with E-state index in [2.05, 4.69) is 15.3 Å². The second kappa shape index (κ2) is 7.00. The van der Waals surface area contributed by atoms with Crippen LogP contribution in [0.5, 0.6) is 0 Å². The number of hydrogen-bond donors (Lipinski definition) is 2. The number of imidazole rings is 1. The van der Waals surface area contributed by atoms with Gasteiger partial charge in [-0.15, -0.1) is 11.8 Å². The minimum absolute atomic E-state index is 0.227. The quantitative estimate of drug-likeness (QED) is 0.801. The van der Waals surface area contributed by atoms with Crippen LogP contribution in [0.25, 0.3) is 0 Å². The summed E-state index contributed by atoms with van der Waals surface area (Å²) in [6.45, 7) is 0.774. The predicted octanol–water partition coefficient (Wildman–Crippen LogP) is 3.52. The van der Waals surface area contributed by atoms with Crippen LogP contribution in [0.1, 0.15) is 17.2 Å². The molecule has 2 rings (SSSR count). The lowest BCUT2D eigenvalue weighted by atomic mass is 10.1. The maximum Gasteiger partial charge on any atom is 0.416 e. The third kappa shape index (κ3) is 4.50. The number of H-pyrrole nitrogens is 1. The minimum Gasteiger partial charge on any atom is -0.348 e. The zero-order valence-corrected chi connectivity index (χ0v) is 12.3. The molecule has 0 spiro atoms. The molecule has 2 N–H and O–H groups in total. The van der Waals surface area contributed by atoms with Crippen molar-refractivity contribution in [3.8, 4) is 0 Å². The summed E-state index contributed by atoms with van der Waals surface area (Å²) >= 11 is 1.53. The molecule has 2 aromatic rings. The van der Waals surface area contributed by atoms with Gasteiger partial charge in [-0.05, 0) is 31.3 Å². The Hall–Kier alpha value is -1.47. The summed E-state index contributed by atoms with van der Waals surface area (Å²) in [6, 6.07) is 5.25. The van der Waals surface area contributed by atoms with Gasteiger partial charge in [0.1, 0.15) is 0 Å². The SMILES string of the molecule is CNCC(CSc1ccc(C(F)(F)F)cc1)c1cnc[nH]1. The summed E-state index contributed by atoms with van der Waals surface area (Å²) in [5, 5.41) is 3.11. The minimum atomic E-state index is -4.28. The van der Waals surface area contributed by atoms with Crippen molar-refractivity contribution in [1.29, 1.82) is 0 Å². The lowest BCUT2D eigenvalue weighted by Crippen LogP contribution is -2.19. The second-order valence-corrected chi connectivity index (χ2v) is 5.69. The molecule has 0 aliphatic carbocycles. The maximum atomic E-state index is 12.5. The number of benzene rings is 1. The van der Waals surface area contributed by atoms with Crippen molar-refractivity contribution in [2.75, 3.05) is 19.3 Å². The van der Waals surface area contributed by atoms with Crippen LogP contribution in [0.4, 0.5) is 13.2 Å². The van der Waals surface area contributed by atoms with Crippen LogP contribution in [0, 0.1) is 0 Å². The number of aromatic amines is 1. The van der Waals surface area contributed by atoms with Crippen molar-refractivity contribution in [3.63, 3.8) is 0 Å². The third-order valence-corrected chi connectivity index (χ3v) is 4.22. The Balaban J connectivity index is 1.98. The van der Waals surface area contributed by atoms with Crippen LogP contribution < -0.4 is 5.32 Å². The Labute approximate surface area is 125 Å². The Bertz CT molecular complexity index is 538. The average molecular weight is 315 g/mol. The number of aromatic nitrogens is 2. The molecule has 21 heavy (non-hydrogen) atoms. The van der Waals surface area contributed by atoms with E-state index in [9.17, 15) is 13.2 Å². The van der Waals surface area contributed by atoms with Gasteiger partial charge in [0.25, 0.3) is 0 Å². The highest BCUT2D eigenvalue weighted by molar-refractivity contribution is 7.99. The molecule has 0 amide bonds. The van der Waals surface area contributed by atoms with Crippen LogP contribution in [0.15, 0.2) is 41.7 Å². The molecule has 7 heteroatoms. The molecule has 0 fully saturated rings. The summed E-state index contributed by atoms with van der Waals surface area (Å²) < 4.78 is 37.5. The molecule has 114 valence electrons. The molecule has 1 aromatic carbocycles. The van der Waals surface area contributed by atoms with Crippen LogP contribution in [0.3, 0.4) is 0 Å². The van der Waals surface area contributed by atoms with Gasteiger partial charge in [-0.3, -0.25) is 0 Å². The first kappa shape index (κ1) is 15.9. The number of rotatable bonds is 6. The Kier molecular flexibility index (Phi) is 5.30. The highest BCUT2D eigenvalue weighted by Crippen LogP contribution is 2.31. The van der Waals surface area contributed by atoms with Crippen molar-refractivity contribution in [2.45, 2.75) is 17.0 Å². The Morgan fingerprint density at radius 3 is 2.52 bits per heavy atom. The highest BCUT2D eigenvalue weighted by atomic mass is 32.2. The Morgan fingerprint density at radius 2 is 2.00 bits per heavy atom. The summed E-state index contributed by atoms with van der Waals surface area (Å²) in [7, 11) is 1.87. The molecule has 0 aliphatic rings. The van der Waals surface area contributed by atoms with Gasteiger partial charge < -0.3 is 10.3 Å². The van der Waals surface area contributed by atoms with E-state index in [-0.39, 0.29) is 5.92 Å². The normalized spacial score (nSPS) is 13.3. The van der Waals surface area contributed by atoms with Crippen molar-refractivity contribution in [3.05, 3.63) is 48.0 Å². The second-order valence-electron chi connectivity index (χ2n) is 4.59. The van der Waals surface area contributed by atoms with Gasteiger partial charge in [0.2, 0.25) is 0 Å². The number of nitrogens with one attached hydrogen (secondary N) is 2. The first-order valence-corrected chi connectivity index (χ1v) is 7.42. The molecule has 1 atom stereocenters. The van der Waals surface area contributed by atoms with E-state index in [0.717, 1.165) is 35.0 Å². The van der Waals surface area contributed by atoms with E-state index in [0.29, 0.717) is 0 Å². The van der Waals surface area contributed by atoms with Gasteiger partial charge in [0.05, 0.1) is 11.9 Å². The van der Waals surface area contributed by atoms with Crippen molar-refractivity contribution in [2.24, 2.45) is 0 Å². The molecule has 0 saturated heterocycles. The molecule has 1 heterocycles. The first-order valence-electron chi connectivity index (χ1n) is 6.43. The third-order valence-electron chi connectivity index (χ3n) is 3.04. The number of hydrogen-bond acceptors (Lipinski definition) is 3. The van der Waals surface area contributed by atoms with Gasteiger partial charge in [-0.1, -0.05) is 0 Å². The highest BCUT2D eigenvalue weighted by Gasteiger charge is 2.29. The number of alkyl halides is 3. The fourth-order valence-electron chi connectivity index (χ4n) is 1.93. The number of halogens is 3. The number of thioether (sulfide) groups is 1. The molecular formula is C14H16F3N3S. The molecule has 0 bridgehead atoms. The number of likely N-dealkylation sites (N-methyl/N-ethyl adjacent to an activating group) is 1. The van der Waals surface area contributed by atoms with Gasteiger partial charge >= 0.3 is 6.18 Å². The van der Waals surface area contributed by atoms with Crippen molar-refractivity contribution < 1.29 is 13.2 Å². The lowest BCUT2D eigenvalue weighted by Gasteiger charge is -2.14. The van der Waals surface area contributed by atoms with Gasteiger partial charge in [-0.25, -0.2) is 4.98 Å². The smallest absolute Gasteiger partial charge is 0.348 e. The summed E-state index contributed by atoms with van der Waals surface area (Å²) in [4.78, 5) is 7.90. The zero-order valence-electron chi connectivity index (χ0n) is 11.4. The van der Waals surface area contributed by atoms with Gasteiger partial charge in [0, 0.05) is 35.0 Å². The zero-order chi connectivity index (χ0) is 15.3. The first-order chi connectivity index (χ1) is 10.0. The van der Waals surface area contributed by atoms with Crippen LogP contribution >= 0.6 is 11.8 Å². The standard InChI is InChI=1S/C14H16F3N3S/c1-18-6-10(13-7-19-9-20-13)8-21-12-4-2-11(3-5-12)14(15,16)17/h2-5,7,9-10,18H,6,8H2,1H3,(H,19,20). The van der Waals surface area contributed by atoms with Gasteiger partial charge in [0.15, 0.2) is 0 Å². The fourth-order valence-corrected chi connectivity index (χ4v) is 2.95. The Morgan fingerprint density at radius 1 is 1.29 bits per heavy atom. The molecule has 0 aliphatic heterocycles. The molecule has 0 radical (unpaired) electrons. The molecule has 0 saturated carbocycles. The van der Waals surface area contributed by atoms with E-state index in [1.54, 1.807) is 12.5 Å². The largest absolute Gasteiger partial charge is 0.416 e. The van der Waals surface area contributed by atoms with E-state index in [1.165, 1.54) is 23.9 Å². The predicted molar refractivity (Wildman–Crippen MR) is 77.4 cm³/mol. The van der Waals surface area contributed by atoms with E-state index in [4.69, 9.17) is 0 Å². The maximum absolute atomic E-state index is 12.5. The molecule has 1 aromatic heterocycles. The summed E-state index contributed by atoms with van der Waals surface area (Å²) in [6.07, 6.45) is -0.885. The summed E-state index contributed by atoms with van der Waals surface area (Å²) in [5.41, 5.74) is 0.399. The molecular weight excluding hydrogens is 299 g/mol. The van der Waals surface area contributed by atoms with E-state index >= 15 is 0 Å². The lowest BCUT2D eigenvalue weighted by molar-refractivity contribution is -0.137. The van der Waals surface area contributed by atoms with Crippen molar-refractivity contribution >= 4 is 11.8 Å². The number of nitrogens with zero attached hydrogens (tertiary/aromatic N) is 1. The topological polar surface area (TPSA) is 40.7 Å². The van der Waals surface area contributed by atoms with Gasteiger partial charge in [-0.2, -0.15) is 13.2 Å².